The SMILES string of the molecule is O=C(O)Cc1cn([C@@H]2O[C@H](CO)C(O)[C@@H]2O)c(=S)[nH]c1=O. The zero-order chi connectivity index (χ0) is 15.7. The second kappa shape index (κ2) is 6.03. The van der Waals surface area contributed by atoms with E-state index in [4.69, 9.17) is 27.2 Å². The largest absolute Gasteiger partial charge is 0.481 e. The number of nitrogens with one attached hydrogen (secondary N) is 1. The van der Waals surface area contributed by atoms with Gasteiger partial charge in [0.05, 0.1) is 13.0 Å². The molecule has 1 fully saturated rings. The number of nitrogens with zero attached hydrogens (tertiary/aromatic N) is 1. The van der Waals surface area contributed by atoms with Crippen molar-refractivity contribution >= 4 is 18.2 Å². The average Bonchev–Trinajstić information content (AvgIpc) is 2.69. The smallest absolute Gasteiger partial charge is 0.308 e. The summed E-state index contributed by atoms with van der Waals surface area (Å²) in [7, 11) is 0. The summed E-state index contributed by atoms with van der Waals surface area (Å²) in [5, 5.41) is 37.4. The van der Waals surface area contributed by atoms with Crippen LogP contribution in [0.3, 0.4) is 0 Å². The van der Waals surface area contributed by atoms with E-state index in [2.05, 4.69) is 4.98 Å². The van der Waals surface area contributed by atoms with Crippen LogP contribution in [0.1, 0.15) is 11.8 Å². The molecule has 0 saturated carbocycles. The van der Waals surface area contributed by atoms with Crippen LogP contribution >= 0.6 is 12.2 Å². The molecule has 1 aromatic heterocycles. The number of hydrogen-bond donors (Lipinski definition) is 5. The van der Waals surface area contributed by atoms with Crippen molar-refractivity contribution in [3.05, 3.63) is 26.9 Å². The minimum Gasteiger partial charge on any atom is -0.481 e. The predicted octanol–water partition coefficient (Wildman–Crippen LogP) is -1.86. The maximum Gasteiger partial charge on any atom is 0.308 e. The molecule has 1 aromatic rings. The number of aromatic amines is 1. The Hall–Kier alpha value is -1.59. The molecule has 0 amide bonds. The molecule has 5 N–H and O–H groups in total. The molecule has 0 bridgehead atoms. The highest BCUT2D eigenvalue weighted by Gasteiger charge is 2.43. The summed E-state index contributed by atoms with van der Waals surface area (Å²) >= 11 is 4.94. The Morgan fingerprint density at radius 3 is 2.62 bits per heavy atom. The first-order valence-electron chi connectivity index (χ1n) is 6.03. The maximum absolute atomic E-state index is 11.6. The zero-order valence-corrected chi connectivity index (χ0v) is 11.5. The van der Waals surface area contributed by atoms with Crippen molar-refractivity contribution in [2.45, 2.75) is 31.0 Å². The second-order valence-electron chi connectivity index (χ2n) is 4.62. The number of ether oxygens (including phenoxy) is 1. The molecular formula is C11H14N2O7S. The Morgan fingerprint density at radius 2 is 2.10 bits per heavy atom. The predicted molar refractivity (Wildman–Crippen MR) is 70.2 cm³/mol. The third kappa shape index (κ3) is 3.04. The molecule has 9 nitrogen and oxygen atoms in total. The summed E-state index contributed by atoms with van der Waals surface area (Å²) in [6.45, 7) is -0.507. The highest BCUT2D eigenvalue weighted by molar-refractivity contribution is 7.71. The average molecular weight is 318 g/mol. The lowest BCUT2D eigenvalue weighted by molar-refractivity contribution is -0.136. The Morgan fingerprint density at radius 1 is 1.43 bits per heavy atom. The van der Waals surface area contributed by atoms with Crippen molar-refractivity contribution in [2.75, 3.05) is 6.61 Å². The molecule has 1 aliphatic heterocycles. The van der Waals surface area contributed by atoms with E-state index in [1.807, 2.05) is 0 Å². The number of aliphatic hydroxyl groups is 3. The van der Waals surface area contributed by atoms with Crippen LogP contribution < -0.4 is 5.56 Å². The van der Waals surface area contributed by atoms with Crippen LogP contribution in [-0.4, -0.2) is 60.9 Å². The number of aromatic nitrogens is 2. The minimum absolute atomic E-state index is 0.0751. The number of H-pyrrole nitrogens is 1. The Balaban J connectivity index is 2.42. The Labute approximate surface area is 123 Å². The number of carboxylic acid groups (broad SMARTS) is 1. The fraction of sp³-hybridized carbons (Fsp3) is 0.545. The maximum atomic E-state index is 11.6. The van der Waals surface area contributed by atoms with Crippen LogP contribution in [-0.2, 0) is 16.0 Å². The Bertz CT molecular complexity index is 655. The molecule has 10 heteroatoms. The number of aliphatic carboxylic acids is 1. The van der Waals surface area contributed by atoms with E-state index in [1.165, 1.54) is 0 Å². The molecule has 1 unspecified atom stereocenters. The summed E-state index contributed by atoms with van der Waals surface area (Å²) in [6, 6.07) is 0. The van der Waals surface area contributed by atoms with Crippen molar-refractivity contribution in [2.24, 2.45) is 0 Å². The van der Waals surface area contributed by atoms with E-state index in [9.17, 15) is 19.8 Å². The number of carboxylic acids is 1. The summed E-state index contributed by atoms with van der Waals surface area (Å²) in [5.74, 6) is -1.20. The molecule has 0 aromatic carbocycles. The van der Waals surface area contributed by atoms with Crippen molar-refractivity contribution in [3.63, 3.8) is 0 Å². The van der Waals surface area contributed by atoms with E-state index in [0.717, 1.165) is 10.8 Å². The van der Waals surface area contributed by atoms with Gasteiger partial charge >= 0.3 is 5.97 Å². The molecule has 2 heterocycles. The number of rotatable bonds is 4. The van der Waals surface area contributed by atoms with Crippen LogP contribution in [0, 0.1) is 4.77 Å². The van der Waals surface area contributed by atoms with Crippen LogP contribution in [0.4, 0.5) is 0 Å². The molecule has 0 spiro atoms. The Kier molecular flexibility index (Phi) is 4.54. The molecule has 116 valence electrons. The van der Waals surface area contributed by atoms with Gasteiger partial charge in [-0.25, -0.2) is 0 Å². The summed E-state index contributed by atoms with van der Waals surface area (Å²) in [5.41, 5.74) is -0.723. The molecule has 1 aliphatic rings. The summed E-state index contributed by atoms with van der Waals surface area (Å²) in [6.07, 6.45) is -4.19. The molecule has 2 rings (SSSR count). The highest BCUT2D eigenvalue weighted by Crippen LogP contribution is 2.29. The van der Waals surface area contributed by atoms with E-state index in [-0.39, 0.29) is 10.3 Å². The monoisotopic (exact) mass is 318 g/mol. The standard InChI is InChI=1S/C11H14N2O7S/c14-3-5-7(17)8(18)10(20-5)13-2-4(1-6(15)16)9(19)12-11(13)21/h2,5,7-8,10,14,17-18H,1,3H2,(H,15,16)(H,12,19,21)/t5-,7?,8+,10-/m1/s1. The lowest BCUT2D eigenvalue weighted by atomic mass is 10.1. The minimum atomic E-state index is -1.38. The van der Waals surface area contributed by atoms with Gasteiger partial charge in [-0.3, -0.25) is 19.1 Å². The normalized spacial score (nSPS) is 28.7. The van der Waals surface area contributed by atoms with Gasteiger partial charge in [-0.15, -0.1) is 0 Å². The van der Waals surface area contributed by atoms with Gasteiger partial charge in [0.2, 0.25) is 0 Å². The van der Waals surface area contributed by atoms with Crippen LogP contribution in [0.2, 0.25) is 0 Å². The number of carbonyl (C=O) groups is 1. The van der Waals surface area contributed by atoms with E-state index >= 15 is 0 Å². The fourth-order valence-electron chi connectivity index (χ4n) is 2.11. The molecule has 21 heavy (non-hydrogen) atoms. The van der Waals surface area contributed by atoms with Crippen LogP contribution in [0.25, 0.3) is 0 Å². The van der Waals surface area contributed by atoms with Crippen molar-refractivity contribution in [1.29, 1.82) is 0 Å². The zero-order valence-electron chi connectivity index (χ0n) is 10.7. The van der Waals surface area contributed by atoms with Crippen molar-refractivity contribution in [3.8, 4) is 0 Å². The summed E-state index contributed by atoms with van der Waals surface area (Å²) < 4.78 is 6.34. The lowest BCUT2D eigenvalue weighted by Crippen LogP contribution is -2.33. The van der Waals surface area contributed by atoms with Gasteiger partial charge in [0, 0.05) is 11.8 Å². The summed E-state index contributed by atoms with van der Waals surface area (Å²) in [4.78, 5) is 24.6. The van der Waals surface area contributed by atoms with E-state index in [1.54, 1.807) is 0 Å². The van der Waals surface area contributed by atoms with Gasteiger partial charge in [0.15, 0.2) is 11.0 Å². The lowest BCUT2D eigenvalue weighted by Gasteiger charge is -2.19. The van der Waals surface area contributed by atoms with Gasteiger partial charge in [-0.05, 0) is 12.2 Å². The second-order valence-corrected chi connectivity index (χ2v) is 5.01. The van der Waals surface area contributed by atoms with Crippen LogP contribution in [0.5, 0.6) is 0 Å². The topological polar surface area (TPSA) is 145 Å². The highest BCUT2D eigenvalue weighted by atomic mass is 32.1. The molecular weight excluding hydrogens is 304 g/mol. The molecule has 4 atom stereocenters. The van der Waals surface area contributed by atoms with Crippen LogP contribution in [0.15, 0.2) is 11.0 Å². The quantitative estimate of drug-likeness (QED) is 0.407. The first kappa shape index (κ1) is 15.8. The van der Waals surface area contributed by atoms with Gasteiger partial charge in [-0.1, -0.05) is 0 Å². The van der Waals surface area contributed by atoms with Gasteiger partial charge < -0.3 is 25.2 Å². The van der Waals surface area contributed by atoms with Gasteiger partial charge in [0.25, 0.3) is 5.56 Å². The molecule has 0 aliphatic carbocycles. The van der Waals surface area contributed by atoms with Crippen molar-refractivity contribution < 1.29 is 30.0 Å². The van der Waals surface area contributed by atoms with Gasteiger partial charge in [-0.2, -0.15) is 0 Å². The fourth-order valence-corrected chi connectivity index (χ4v) is 2.36. The third-order valence-corrected chi connectivity index (χ3v) is 3.49. The van der Waals surface area contributed by atoms with Gasteiger partial charge in [0.1, 0.15) is 18.3 Å². The number of hydrogen-bond acceptors (Lipinski definition) is 7. The van der Waals surface area contributed by atoms with E-state index < -0.39 is 49.1 Å². The number of aliphatic hydroxyl groups excluding tert-OH is 3. The van der Waals surface area contributed by atoms with Crippen molar-refractivity contribution in [1.82, 2.24) is 9.55 Å². The molecule has 0 radical (unpaired) electrons. The first-order chi connectivity index (χ1) is 9.85. The first-order valence-corrected chi connectivity index (χ1v) is 6.44. The third-order valence-electron chi connectivity index (χ3n) is 3.17. The van der Waals surface area contributed by atoms with E-state index in [0.29, 0.717) is 0 Å². The molecule has 1 saturated heterocycles.